The summed E-state index contributed by atoms with van der Waals surface area (Å²) in [5.74, 6) is 0.894. The molecule has 0 saturated carbocycles. The first-order chi connectivity index (χ1) is 15.9. The van der Waals surface area contributed by atoms with Crippen molar-refractivity contribution in [3.63, 3.8) is 0 Å². The summed E-state index contributed by atoms with van der Waals surface area (Å²) in [7, 11) is 1.97. The third kappa shape index (κ3) is 5.97. The number of carbonyl (C=O) groups is 1. The van der Waals surface area contributed by atoms with Gasteiger partial charge in [-0.2, -0.15) is 0 Å². The smallest absolute Gasteiger partial charge is 0.321 e. The average molecular weight is 453 g/mol. The Labute approximate surface area is 196 Å². The maximum Gasteiger partial charge on any atom is 0.321 e. The first-order valence-electron chi connectivity index (χ1n) is 11.9. The molecule has 0 bridgehead atoms. The van der Waals surface area contributed by atoms with Gasteiger partial charge in [-0.25, -0.2) is 4.79 Å². The van der Waals surface area contributed by atoms with E-state index in [0.717, 1.165) is 49.5 Å². The van der Waals surface area contributed by atoms with Crippen molar-refractivity contribution in [3.05, 3.63) is 54.1 Å². The molecule has 2 atom stereocenters. The summed E-state index contributed by atoms with van der Waals surface area (Å²) in [6.07, 6.45) is 2.40. The Hall–Kier alpha value is -2.77. The molecule has 0 aliphatic carbocycles. The maximum atomic E-state index is 12.7. The lowest BCUT2D eigenvalue weighted by molar-refractivity contribution is 0.0142. The third-order valence-electron chi connectivity index (χ3n) is 6.87. The Morgan fingerprint density at radius 3 is 2.36 bits per heavy atom. The largest absolute Gasteiger partial charge is 0.490 e. The number of carbonyl (C=O) groups excluding carboxylic acids is 1. The standard InChI is InChI=1S/C26H36N4O3/c1-19-4-10-24(11-5-19)33-25-13-16-29(17-14-25)26(32)27-21-6-8-22(9-7-21)30-15-12-23(18-30)28(3)20(2)31/h4-11,20,23,25,31H,12-18H2,1-3H3,(H,27,32). The second kappa shape index (κ2) is 10.4. The molecule has 2 unspecified atom stereocenters. The first kappa shape index (κ1) is 23.4. The van der Waals surface area contributed by atoms with Gasteiger partial charge in [-0.3, -0.25) is 4.90 Å². The first-order valence-corrected chi connectivity index (χ1v) is 11.9. The summed E-state index contributed by atoms with van der Waals surface area (Å²) in [5.41, 5.74) is 3.16. The molecule has 2 saturated heterocycles. The van der Waals surface area contributed by atoms with E-state index in [1.165, 1.54) is 5.56 Å². The second-order valence-corrected chi connectivity index (χ2v) is 9.28. The quantitative estimate of drug-likeness (QED) is 0.651. The Bertz CT molecular complexity index is 908. The van der Waals surface area contributed by atoms with Crippen LogP contribution < -0.4 is 15.0 Å². The number of piperidine rings is 1. The van der Waals surface area contributed by atoms with Gasteiger partial charge in [0.05, 0.1) is 0 Å². The molecule has 2 heterocycles. The lowest BCUT2D eigenvalue weighted by Crippen LogP contribution is -2.43. The number of aliphatic hydroxyl groups is 1. The molecule has 2 fully saturated rings. The zero-order valence-corrected chi connectivity index (χ0v) is 19.9. The fourth-order valence-corrected chi connectivity index (χ4v) is 4.56. The highest BCUT2D eigenvalue weighted by Crippen LogP contribution is 2.25. The molecule has 33 heavy (non-hydrogen) atoms. The van der Waals surface area contributed by atoms with Crippen LogP contribution in [0.5, 0.6) is 5.75 Å². The van der Waals surface area contributed by atoms with E-state index in [1.807, 2.05) is 41.1 Å². The van der Waals surface area contributed by atoms with Crippen molar-refractivity contribution in [3.8, 4) is 5.75 Å². The number of ether oxygens (including phenoxy) is 1. The Morgan fingerprint density at radius 2 is 1.73 bits per heavy atom. The van der Waals surface area contributed by atoms with Crippen molar-refractivity contribution in [1.82, 2.24) is 9.80 Å². The van der Waals surface area contributed by atoms with Crippen molar-refractivity contribution in [2.75, 3.05) is 43.4 Å². The van der Waals surface area contributed by atoms with Crippen molar-refractivity contribution < 1.29 is 14.6 Å². The van der Waals surface area contributed by atoms with E-state index >= 15 is 0 Å². The van der Waals surface area contributed by atoms with Crippen LogP contribution in [0.3, 0.4) is 0 Å². The molecule has 2 N–H and O–H groups in total. The number of rotatable bonds is 6. The molecule has 178 valence electrons. The summed E-state index contributed by atoms with van der Waals surface area (Å²) in [6.45, 7) is 7.10. The van der Waals surface area contributed by atoms with Crippen LogP contribution in [0.15, 0.2) is 48.5 Å². The van der Waals surface area contributed by atoms with Gasteiger partial charge in [-0.1, -0.05) is 17.7 Å². The highest BCUT2D eigenvalue weighted by molar-refractivity contribution is 5.89. The number of nitrogens with one attached hydrogen (secondary N) is 1. The lowest BCUT2D eigenvalue weighted by atomic mass is 10.1. The molecule has 7 heteroatoms. The molecule has 4 rings (SSSR count). The van der Waals surface area contributed by atoms with Crippen LogP contribution in [0.25, 0.3) is 0 Å². The average Bonchev–Trinajstić information content (AvgIpc) is 3.31. The third-order valence-corrected chi connectivity index (χ3v) is 6.87. The zero-order chi connectivity index (χ0) is 23.4. The molecule has 7 nitrogen and oxygen atoms in total. The van der Waals surface area contributed by atoms with E-state index in [0.29, 0.717) is 19.1 Å². The van der Waals surface area contributed by atoms with Crippen LogP contribution in [0, 0.1) is 6.92 Å². The normalized spacial score (nSPS) is 20.2. The van der Waals surface area contributed by atoms with Crippen LogP contribution >= 0.6 is 0 Å². The highest BCUT2D eigenvalue weighted by Gasteiger charge is 2.28. The molecule has 0 radical (unpaired) electrons. The topological polar surface area (TPSA) is 68.3 Å². The molecule has 2 aromatic rings. The van der Waals surface area contributed by atoms with Gasteiger partial charge in [0.2, 0.25) is 0 Å². The molecular formula is C26H36N4O3. The van der Waals surface area contributed by atoms with Crippen molar-refractivity contribution in [1.29, 1.82) is 0 Å². The minimum atomic E-state index is -0.438. The van der Waals surface area contributed by atoms with Gasteiger partial charge < -0.3 is 25.0 Å². The molecule has 0 spiro atoms. The highest BCUT2D eigenvalue weighted by atomic mass is 16.5. The van der Waals surface area contributed by atoms with Gasteiger partial charge in [0.15, 0.2) is 0 Å². The zero-order valence-electron chi connectivity index (χ0n) is 19.9. The summed E-state index contributed by atoms with van der Waals surface area (Å²) in [4.78, 5) is 18.9. The summed E-state index contributed by atoms with van der Waals surface area (Å²) < 4.78 is 6.07. The minimum Gasteiger partial charge on any atom is -0.490 e. The van der Waals surface area contributed by atoms with Crippen LogP contribution in [0.1, 0.15) is 31.7 Å². The van der Waals surface area contributed by atoms with E-state index in [2.05, 4.69) is 41.4 Å². The molecule has 2 aromatic carbocycles. The van der Waals surface area contributed by atoms with E-state index in [-0.39, 0.29) is 12.1 Å². The van der Waals surface area contributed by atoms with E-state index in [4.69, 9.17) is 4.74 Å². The number of hydrogen-bond acceptors (Lipinski definition) is 5. The molecule has 2 aliphatic heterocycles. The van der Waals surface area contributed by atoms with Crippen molar-refractivity contribution >= 4 is 17.4 Å². The van der Waals surface area contributed by atoms with Crippen molar-refractivity contribution in [2.24, 2.45) is 0 Å². The minimum absolute atomic E-state index is 0.0590. The van der Waals surface area contributed by atoms with Crippen LogP contribution in [-0.2, 0) is 0 Å². The SMILES string of the molecule is Cc1ccc(OC2CCN(C(=O)Nc3ccc(N4CCC(N(C)C(C)O)C4)cc3)CC2)cc1. The van der Waals surface area contributed by atoms with E-state index < -0.39 is 6.23 Å². The molecule has 0 aromatic heterocycles. The number of benzene rings is 2. The van der Waals surface area contributed by atoms with Crippen LogP contribution in [0.4, 0.5) is 16.2 Å². The molecular weight excluding hydrogens is 416 g/mol. The monoisotopic (exact) mass is 452 g/mol. The number of nitrogens with zero attached hydrogens (tertiary/aromatic N) is 3. The number of likely N-dealkylation sites (tertiary alicyclic amines) is 1. The van der Waals surface area contributed by atoms with Gasteiger partial charge in [-0.05, 0) is 63.7 Å². The Kier molecular flexibility index (Phi) is 7.40. The van der Waals surface area contributed by atoms with Crippen LogP contribution in [-0.4, -0.2) is 72.5 Å². The number of urea groups is 1. The molecule has 2 aliphatic rings. The van der Waals surface area contributed by atoms with Crippen molar-refractivity contribution in [2.45, 2.75) is 51.5 Å². The predicted molar refractivity (Wildman–Crippen MR) is 132 cm³/mol. The van der Waals surface area contributed by atoms with Gasteiger partial charge in [0, 0.05) is 56.4 Å². The number of aryl methyl sites for hydroxylation is 1. The van der Waals surface area contributed by atoms with E-state index in [9.17, 15) is 9.90 Å². The number of aliphatic hydroxyl groups excluding tert-OH is 1. The van der Waals surface area contributed by atoms with Gasteiger partial charge >= 0.3 is 6.03 Å². The predicted octanol–water partition coefficient (Wildman–Crippen LogP) is 3.92. The number of amides is 2. The van der Waals surface area contributed by atoms with Gasteiger partial charge in [-0.15, -0.1) is 0 Å². The van der Waals surface area contributed by atoms with Gasteiger partial charge in [0.25, 0.3) is 0 Å². The Balaban J connectivity index is 1.23. The van der Waals surface area contributed by atoms with Crippen LogP contribution in [0.2, 0.25) is 0 Å². The summed E-state index contributed by atoms with van der Waals surface area (Å²) in [5, 5.41) is 12.8. The number of hydrogen-bond donors (Lipinski definition) is 2. The van der Waals surface area contributed by atoms with Gasteiger partial charge in [0.1, 0.15) is 18.1 Å². The second-order valence-electron chi connectivity index (χ2n) is 9.28. The number of anilines is 2. The fourth-order valence-electron chi connectivity index (χ4n) is 4.56. The maximum absolute atomic E-state index is 12.7. The summed E-state index contributed by atoms with van der Waals surface area (Å²) >= 11 is 0. The Morgan fingerprint density at radius 1 is 1.06 bits per heavy atom. The number of likely N-dealkylation sites (N-methyl/N-ethyl adjacent to an activating group) is 1. The lowest BCUT2D eigenvalue weighted by Gasteiger charge is -2.32. The fraction of sp³-hybridized carbons (Fsp3) is 0.500. The molecule has 2 amide bonds. The van der Waals surface area contributed by atoms with E-state index in [1.54, 1.807) is 6.92 Å². The summed E-state index contributed by atoms with van der Waals surface area (Å²) in [6, 6.07) is 16.5.